The van der Waals surface area contributed by atoms with Crippen LogP contribution < -0.4 is 10.1 Å². The zero-order valence-corrected chi connectivity index (χ0v) is 17.8. The van der Waals surface area contributed by atoms with Gasteiger partial charge >= 0.3 is 0 Å². The lowest BCUT2D eigenvalue weighted by atomic mass is 9.95. The molecule has 1 aromatic heterocycles. The molecule has 152 valence electrons. The van der Waals surface area contributed by atoms with Crippen molar-refractivity contribution < 1.29 is 9.53 Å². The number of ether oxygens (including phenoxy) is 1. The van der Waals surface area contributed by atoms with Crippen LogP contribution in [0.3, 0.4) is 0 Å². The molecule has 1 aromatic carbocycles. The third-order valence-corrected chi connectivity index (χ3v) is 6.20. The molecule has 1 aliphatic rings. The molecule has 1 saturated carbocycles. The van der Waals surface area contributed by atoms with Crippen molar-refractivity contribution in [1.82, 2.24) is 20.1 Å². The van der Waals surface area contributed by atoms with E-state index in [4.69, 9.17) is 4.74 Å². The van der Waals surface area contributed by atoms with Gasteiger partial charge in [0.05, 0.1) is 5.75 Å². The Morgan fingerprint density at radius 1 is 1.25 bits per heavy atom. The Kier molecular flexibility index (Phi) is 7.36. The Labute approximate surface area is 171 Å². The molecule has 1 N–H and O–H groups in total. The van der Waals surface area contributed by atoms with Crippen molar-refractivity contribution in [2.24, 2.45) is 7.05 Å². The maximum Gasteiger partial charge on any atom is 0.230 e. The third kappa shape index (κ3) is 5.50. The van der Waals surface area contributed by atoms with Crippen molar-refractivity contribution in [2.75, 3.05) is 5.75 Å². The summed E-state index contributed by atoms with van der Waals surface area (Å²) in [5, 5.41) is 12.4. The predicted octanol–water partition coefficient (Wildman–Crippen LogP) is 4.06. The Morgan fingerprint density at radius 3 is 2.64 bits per heavy atom. The van der Waals surface area contributed by atoms with Crippen LogP contribution in [0.2, 0.25) is 0 Å². The van der Waals surface area contributed by atoms with Crippen LogP contribution in [-0.2, 0) is 18.3 Å². The van der Waals surface area contributed by atoms with Crippen LogP contribution in [0.1, 0.15) is 63.4 Å². The van der Waals surface area contributed by atoms with E-state index in [1.165, 1.54) is 36.6 Å². The Bertz CT molecular complexity index is 769. The van der Waals surface area contributed by atoms with E-state index < -0.39 is 0 Å². The summed E-state index contributed by atoms with van der Waals surface area (Å²) in [4.78, 5) is 12.2. The molecule has 7 heteroatoms. The standard InChI is InChI=1S/C21H30N4O2S/c1-4-16-10-12-18(13-11-16)27-15(2)20-23-24-21(25(20)3)28-14-19(26)22-17-8-6-5-7-9-17/h10-13,15,17H,4-9,14H2,1-3H3,(H,22,26)/t15-/m0/s1. The number of amides is 1. The Hall–Kier alpha value is -2.02. The molecular weight excluding hydrogens is 372 g/mol. The van der Waals surface area contributed by atoms with Gasteiger partial charge in [0.25, 0.3) is 0 Å². The average Bonchev–Trinajstić information content (AvgIpc) is 3.08. The molecule has 0 bridgehead atoms. The van der Waals surface area contributed by atoms with Gasteiger partial charge in [0, 0.05) is 13.1 Å². The van der Waals surface area contributed by atoms with Crippen LogP contribution >= 0.6 is 11.8 Å². The number of hydrogen-bond acceptors (Lipinski definition) is 5. The minimum Gasteiger partial charge on any atom is -0.483 e. The van der Waals surface area contributed by atoms with E-state index in [9.17, 15) is 4.79 Å². The minimum atomic E-state index is -0.226. The maximum atomic E-state index is 12.2. The SMILES string of the molecule is CCc1ccc(O[C@@H](C)c2nnc(SCC(=O)NC3CCCCC3)n2C)cc1. The number of carbonyl (C=O) groups is 1. The number of nitrogens with one attached hydrogen (secondary N) is 1. The van der Waals surface area contributed by atoms with Crippen molar-refractivity contribution in [2.45, 2.75) is 69.7 Å². The highest BCUT2D eigenvalue weighted by atomic mass is 32.2. The van der Waals surface area contributed by atoms with Crippen molar-refractivity contribution in [1.29, 1.82) is 0 Å². The minimum absolute atomic E-state index is 0.0711. The molecule has 2 aromatic rings. The van der Waals surface area contributed by atoms with Crippen LogP contribution in [0.15, 0.2) is 29.4 Å². The smallest absolute Gasteiger partial charge is 0.230 e. The van der Waals surface area contributed by atoms with Gasteiger partial charge in [0.15, 0.2) is 17.1 Å². The molecule has 1 atom stereocenters. The molecule has 1 heterocycles. The van der Waals surface area contributed by atoms with Crippen molar-refractivity contribution >= 4 is 17.7 Å². The number of benzene rings is 1. The normalized spacial score (nSPS) is 16.0. The Balaban J connectivity index is 1.52. The molecule has 1 amide bonds. The zero-order valence-electron chi connectivity index (χ0n) is 17.0. The van der Waals surface area contributed by atoms with Crippen LogP contribution in [0.4, 0.5) is 0 Å². The number of rotatable bonds is 8. The van der Waals surface area contributed by atoms with E-state index in [0.29, 0.717) is 11.8 Å². The number of carbonyl (C=O) groups excluding carboxylic acids is 1. The van der Waals surface area contributed by atoms with Gasteiger partial charge in [-0.15, -0.1) is 10.2 Å². The highest BCUT2D eigenvalue weighted by Crippen LogP contribution is 2.24. The first kappa shape index (κ1) is 20.7. The second-order valence-electron chi connectivity index (χ2n) is 7.35. The summed E-state index contributed by atoms with van der Waals surface area (Å²) < 4.78 is 7.91. The van der Waals surface area contributed by atoms with Crippen molar-refractivity contribution in [3.8, 4) is 5.75 Å². The number of thioether (sulfide) groups is 1. The molecule has 0 radical (unpaired) electrons. The Morgan fingerprint density at radius 2 is 1.96 bits per heavy atom. The monoisotopic (exact) mass is 402 g/mol. The van der Waals surface area contributed by atoms with Crippen LogP contribution in [0.5, 0.6) is 5.75 Å². The molecular formula is C21H30N4O2S. The highest BCUT2D eigenvalue weighted by molar-refractivity contribution is 7.99. The molecule has 0 aliphatic heterocycles. The third-order valence-electron chi connectivity index (χ3n) is 5.18. The molecule has 3 rings (SSSR count). The second-order valence-corrected chi connectivity index (χ2v) is 8.29. The molecule has 0 unspecified atom stereocenters. The second kappa shape index (κ2) is 9.96. The van der Waals surface area contributed by atoms with Crippen LogP contribution in [0.25, 0.3) is 0 Å². The first-order valence-electron chi connectivity index (χ1n) is 10.1. The summed E-state index contributed by atoms with van der Waals surface area (Å²) in [6.07, 6.45) is 6.68. The van der Waals surface area contributed by atoms with Crippen LogP contribution in [-0.4, -0.2) is 32.5 Å². The molecule has 28 heavy (non-hydrogen) atoms. The first-order chi connectivity index (χ1) is 13.6. The van der Waals surface area contributed by atoms with Gasteiger partial charge < -0.3 is 14.6 Å². The molecule has 1 aliphatic carbocycles. The van der Waals surface area contributed by atoms with Crippen molar-refractivity contribution in [3.63, 3.8) is 0 Å². The highest BCUT2D eigenvalue weighted by Gasteiger charge is 2.19. The lowest BCUT2D eigenvalue weighted by Crippen LogP contribution is -2.37. The van der Waals surface area contributed by atoms with E-state index in [1.807, 2.05) is 30.7 Å². The van der Waals surface area contributed by atoms with E-state index >= 15 is 0 Å². The van der Waals surface area contributed by atoms with Gasteiger partial charge in [0.1, 0.15) is 5.75 Å². The number of hydrogen-bond donors (Lipinski definition) is 1. The number of nitrogens with zero attached hydrogens (tertiary/aromatic N) is 3. The summed E-state index contributed by atoms with van der Waals surface area (Å²) in [6.45, 7) is 4.09. The molecule has 0 spiro atoms. The maximum absolute atomic E-state index is 12.2. The largest absolute Gasteiger partial charge is 0.483 e. The van der Waals surface area contributed by atoms with Crippen LogP contribution in [0, 0.1) is 0 Å². The summed E-state index contributed by atoms with van der Waals surface area (Å²) in [7, 11) is 1.91. The fourth-order valence-electron chi connectivity index (χ4n) is 3.51. The van der Waals surface area contributed by atoms with Gasteiger partial charge in [0.2, 0.25) is 5.91 Å². The zero-order chi connectivity index (χ0) is 19.9. The van der Waals surface area contributed by atoms with Gasteiger partial charge in [-0.3, -0.25) is 4.79 Å². The van der Waals surface area contributed by atoms with Gasteiger partial charge in [-0.05, 0) is 43.9 Å². The predicted molar refractivity (Wildman–Crippen MR) is 112 cm³/mol. The number of aromatic nitrogens is 3. The van der Waals surface area contributed by atoms with E-state index in [1.54, 1.807) is 0 Å². The van der Waals surface area contributed by atoms with Gasteiger partial charge in [-0.25, -0.2) is 0 Å². The fourth-order valence-corrected chi connectivity index (χ4v) is 4.24. The van der Waals surface area contributed by atoms with Crippen molar-refractivity contribution in [3.05, 3.63) is 35.7 Å². The molecule has 6 nitrogen and oxygen atoms in total. The average molecular weight is 403 g/mol. The summed E-state index contributed by atoms with van der Waals surface area (Å²) in [6, 6.07) is 8.45. The number of aryl methyl sites for hydroxylation is 1. The molecule has 0 saturated heterocycles. The van der Waals surface area contributed by atoms with E-state index in [2.05, 4.69) is 34.6 Å². The lowest BCUT2D eigenvalue weighted by Gasteiger charge is -2.22. The quantitative estimate of drug-likeness (QED) is 0.675. The molecule has 1 fully saturated rings. The summed E-state index contributed by atoms with van der Waals surface area (Å²) in [5.74, 6) is 1.99. The van der Waals surface area contributed by atoms with E-state index in [0.717, 1.165) is 36.0 Å². The summed E-state index contributed by atoms with van der Waals surface area (Å²) in [5.41, 5.74) is 1.28. The topological polar surface area (TPSA) is 69.0 Å². The van der Waals surface area contributed by atoms with Gasteiger partial charge in [-0.1, -0.05) is 50.1 Å². The van der Waals surface area contributed by atoms with Gasteiger partial charge in [-0.2, -0.15) is 0 Å². The first-order valence-corrected chi connectivity index (χ1v) is 11.1. The fraction of sp³-hybridized carbons (Fsp3) is 0.571. The summed E-state index contributed by atoms with van der Waals surface area (Å²) >= 11 is 1.41. The lowest BCUT2D eigenvalue weighted by molar-refractivity contribution is -0.119. The van der Waals surface area contributed by atoms with E-state index in [-0.39, 0.29) is 12.0 Å².